The van der Waals surface area contributed by atoms with Gasteiger partial charge in [0.05, 0.1) is 31.0 Å². The number of hydrogen-bond donors (Lipinski definition) is 1. The highest BCUT2D eigenvalue weighted by Crippen LogP contribution is 2.34. The summed E-state index contributed by atoms with van der Waals surface area (Å²) < 4.78 is 12.6. The van der Waals surface area contributed by atoms with Crippen molar-refractivity contribution in [3.8, 4) is 11.8 Å². The molecule has 0 bridgehead atoms. The molecule has 5 rings (SSSR count). The molecule has 2 fully saturated rings. The van der Waals surface area contributed by atoms with E-state index in [1.807, 2.05) is 48.2 Å². The molecule has 2 aromatic heterocycles. The average molecular weight is 562 g/mol. The van der Waals surface area contributed by atoms with E-state index in [4.69, 9.17) is 21.1 Å². The van der Waals surface area contributed by atoms with Gasteiger partial charge in [-0.2, -0.15) is 5.10 Å². The monoisotopic (exact) mass is 561 g/mol. The Morgan fingerprint density at radius 2 is 1.88 bits per heavy atom. The van der Waals surface area contributed by atoms with E-state index in [2.05, 4.69) is 34.2 Å². The van der Waals surface area contributed by atoms with Gasteiger partial charge >= 0.3 is 0 Å². The number of ether oxygens (including phenoxy) is 2. The number of halogens is 1. The Bertz CT molecular complexity index is 1430. The van der Waals surface area contributed by atoms with Crippen LogP contribution in [0.3, 0.4) is 0 Å². The van der Waals surface area contributed by atoms with Crippen LogP contribution in [0.4, 0.5) is 5.82 Å². The largest absolute Gasteiger partial charge is 0.376 e. The van der Waals surface area contributed by atoms with Crippen LogP contribution >= 0.6 is 11.6 Å². The van der Waals surface area contributed by atoms with E-state index in [0.29, 0.717) is 45.3 Å². The number of nitrogens with one attached hydrogen (secondary N) is 1. The van der Waals surface area contributed by atoms with Crippen molar-refractivity contribution in [1.82, 2.24) is 19.7 Å². The SMILES string of the molecule is Cc1cc(C#Cc2ccccc2)cnc1NC(=O)c1c(Cl)cnn1CC1(C)CCN(C(=O)C2COCCO2)CC1. The molecule has 40 heavy (non-hydrogen) atoms. The summed E-state index contributed by atoms with van der Waals surface area (Å²) in [7, 11) is 0. The first-order valence-corrected chi connectivity index (χ1v) is 13.7. The molecule has 2 saturated heterocycles. The first-order valence-electron chi connectivity index (χ1n) is 13.4. The van der Waals surface area contributed by atoms with Gasteiger partial charge in [-0.1, -0.05) is 48.6 Å². The lowest BCUT2D eigenvalue weighted by atomic mass is 9.80. The molecule has 208 valence electrons. The fraction of sp³-hybridized carbons (Fsp3) is 0.400. The predicted octanol–water partition coefficient (Wildman–Crippen LogP) is 3.94. The highest BCUT2D eigenvalue weighted by molar-refractivity contribution is 6.34. The minimum absolute atomic E-state index is 0.0242. The maximum Gasteiger partial charge on any atom is 0.276 e. The molecule has 0 saturated carbocycles. The summed E-state index contributed by atoms with van der Waals surface area (Å²) in [6.45, 7) is 6.98. The lowest BCUT2D eigenvalue weighted by molar-refractivity contribution is -0.160. The van der Waals surface area contributed by atoms with Gasteiger partial charge in [0, 0.05) is 37.0 Å². The van der Waals surface area contributed by atoms with Gasteiger partial charge in [0.1, 0.15) is 11.5 Å². The van der Waals surface area contributed by atoms with Crippen molar-refractivity contribution in [1.29, 1.82) is 0 Å². The quantitative estimate of drug-likeness (QED) is 0.474. The van der Waals surface area contributed by atoms with E-state index in [1.54, 1.807) is 10.9 Å². The fourth-order valence-electron chi connectivity index (χ4n) is 4.94. The normalized spacial score (nSPS) is 18.5. The number of rotatable bonds is 5. The summed E-state index contributed by atoms with van der Waals surface area (Å²) in [5.41, 5.74) is 2.57. The Balaban J connectivity index is 1.22. The number of carbonyl (C=O) groups is 2. The Hall–Kier alpha value is -3.71. The van der Waals surface area contributed by atoms with Crippen LogP contribution < -0.4 is 5.32 Å². The van der Waals surface area contributed by atoms with Crippen molar-refractivity contribution >= 4 is 29.2 Å². The second-order valence-electron chi connectivity index (χ2n) is 10.5. The topological polar surface area (TPSA) is 98.6 Å². The molecule has 0 spiro atoms. The molecule has 1 N–H and O–H groups in total. The van der Waals surface area contributed by atoms with Gasteiger partial charge in [0.15, 0.2) is 6.10 Å². The molecule has 0 radical (unpaired) electrons. The molecule has 2 aliphatic heterocycles. The third-order valence-corrected chi connectivity index (χ3v) is 7.63. The summed E-state index contributed by atoms with van der Waals surface area (Å²) in [4.78, 5) is 32.4. The maximum absolute atomic E-state index is 13.3. The predicted molar refractivity (Wildman–Crippen MR) is 151 cm³/mol. The van der Waals surface area contributed by atoms with Crippen molar-refractivity contribution in [2.45, 2.75) is 39.3 Å². The summed E-state index contributed by atoms with van der Waals surface area (Å²) in [6.07, 6.45) is 4.12. The molecule has 1 atom stereocenters. The van der Waals surface area contributed by atoms with Crippen molar-refractivity contribution < 1.29 is 19.1 Å². The number of benzene rings is 1. The smallest absolute Gasteiger partial charge is 0.276 e. The van der Waals surface area contributed by atoms with Gasteiger partial charge in [-0.05, 0) is 48.9 Å². The van der Waals surface area contributed by atoms with Crippen molar-refractivity contribution in [3.63, 3.8) is 0 Å². The molecular weight excluding hydrogens is 530 g/mol. The number of aryl methyl sites for hydroxylation is 1. The fourth-order valence-corrected chi connectivity index (χ4v) is 5.16. The number of piperidine rings is 1. The minimum Gasteiger partial charge on any atom is -0.376 e. The summed E-state index contributed by atoms with van der Waals surface area (Å²) in [6, 6.07) is 11.6. The van der Waals surface area contributed by atoms with Crippen LogP contribution in [0, 0.1) is 24.2 Å². The zero-order valence-corrected chi connectivity index (χ0v) is 23.4. The van der Waals surface area contributed by atoms with Gasteiger partial charge < -0.3 is 19.7 Å². The van der Waals surface area contributed by atoms with Crippen LogP contribution in [0.1, 0.15) is 46.9 Å². The Labute approximate surface area is 238 Å². The Morgan fingerprint density at radius 3 is 2.58 bits per heavy atom. The van der Waals surface area contributed by atoms with Gasteiger partial charge in [0.25, 0.3) is 11.8 Å². The van der Waals surface area contributed by atoms with Crippen molar-refractivity contribution in [2.24, 2.45) is 5.41 Å². The number of nitrogens with zero attached hydrogens (tertiary/aromatic N) is 4. The number of amides is 2. The average Bonchev–Trinajstić information content (AvgIpc) is 3.33. The summed E-state index contributed by atoms with van der Waals surface area (Å²) >= 11 is 6.42. The van der Waals surface area contributed by atoms with Crippen molar-refractivity contribution in [2.75, 3.05) is 38.2 Å². The van der Waals surface area contributed by atoms with Crippen LogP contribution in [0.5, 0.6) is 0 Å². The summed E-state index contributed by atoms with van der Waals surface area (Å²) in [5.74, 6) is 6.25. The Morgan fingerprint density at radius 1 is 1.12 bits per heavy atom. The first-order chi connectivity index (χ1) is 19.3. The second kappa shape index (κ2) is 12.2. The molecule has 1 unspecified atom stereocenters. The van der Waals surface area contributed by atoms with E-state index >= 15 is 0 Å². The molecule has 2 amide bonds. The van der Waals surface area contributed by atoms with Crippen LogP contribution in [-0.2, 0) is 20.8 Å². The molecular formula is C30H32ClN5O4. The number of aromatic nitrogens is 3. The number of carbonyl (C=O) groups excluding carboxylic acids is 2. The standard InChI is InChI=1S/C30H32ClN5O4/c1-21-16-23(9-8-22-6-4-3-5-7-22)17-32-27(21)34-28(37)26-24(31)18-33-36(26)20-30(2)10-12-35(13-11-30)29(38)25-19-39-14-15-40-25/h3-7,16-18,25H,10-15,19-20H2,1-2H3,(H,32,34,37). The highest BCUT2D eigenvalue weighted by atomic mass is 35.5. The third-order valence-electron chi connectivity index (χ3n) is 7.35. The highest BCUT2D eigenvalue weighted by Gasteiger charge is 2.36. The van der Waals surface area contributed by atoms with E-state index in [9.17, 15) is 9.59 Å². The number of pyridine rings is 1. The number of anilines is 1. The van der Waals surface area contributed by atoms with E-state index in [-0.39, 0.29) is 27.9 Å². The van der Waals surface area contributed by atoms with Gasteiger partial charge in [-0.15, -0.1) is 0 Å². The lowest BCUT2D eigenvalue weighted by Gasteiger charge is -2.40. The molecule has 9 nitrogen and oxygen atoms in total. The van der Waals surface area contributed by atoms with E-state index in [1.165, 1.54) is 6.20 Å². The second-order valence-corrected chi connectivity index (χ2v) is 10.9. The lowest BCUT2D eigenvalue weighted by Crippen LogP contribution is -2.50. The number of hydrogen-bond acceptors (Lipinski definition) is 6. The van der Waals surface area contributed by atoms with Gasteiger partial charge in [-0.3, -0.25) is 14.3 Å². The van der Waals surface area contributed by atoms with E-state index in [0.717, 1.165) is 29.5 Å². The zero-order valence-electron chi connectivity index (χ0n) is 22.7. The molecule has 1 aromatic carbocycles. The summed E-state index contributed by atoms with van der Waals surface area (Å²) in [5, 5.41) is 7.55. The van der Waals surface area contributed by atoms with Crippen LogP contribution in [-0.4, -0.2) is 70.5 Å². The maximum atomic E-state index is 13.3. The molecule has 2 aliphatic rings. The van der Waals surface area contributed by atoms with Gasteiger partial charge in [-0.25, -0.2) is 4.98 Å². The first kappa shape index (κ1) is 27.8. The van der Waals surface area contributed by atoms with Crippen LogP contribution in [0.15, 0.2) is 48.8 Å². The van der Waals surface area contributed by atoms with Crippen molar-refractivity contribution in [3.05, 3.63) is 76.2 Å². The Kier molecular flexibility index (Phi) is 8.50. The van der Waals surface area contributed by atoms with Crippen LogP contribution in [0.25, 0.3) is 0 Å². The zero-order chi connectivity index (χ0) is 28.1. The van der Waals surface area contributed by atoms with E-state index < -0.39 is 6.10 Å². The molecule has 0 aliphatic carbocycles. The van der Waals surface area contributed by atoms with Gasteiger partial charge in [0.2, 0.25) is 0 Å². The minimum atomic E-state index is -0.527. The third kappa shape index (κ3) is 6.53. The number of likely N-dealkylation sites (tertiary alicyclic amines) is 1. The molecule has 4 heterocycles. The molecule has 10 heteroatoms. The van der Waals surface area contributed by atoms with Crippen LogP contribution in [0.2, 0.25) is 5.02 Å². The molecule has 3 aromatic rings.